The van der Waals surface area contributed by atoms with Crippen LogP contribution in [0.3, 0.4) is 0 Å². The molecular weight excluding hydrogens is 138 g/mol. The van der Waals surface area contributed by atoms with Crippen molar-refractivity contribution in [2.24, 2.45) is 0 Å². The van der Waals surface area contributed by atoms with E-state index in [2.05, 4.69) is 6.58 Å². The Balaban J connectivity index is 0.000001000. The zero-order valence-electron chi connectivity index (χ0n) is 6.29. The highest BCUT2D eigenvalue weighted by molar-refractivity contribution is 6.04. The van der Waals surface area contributed by atoms with Crippen LogP contribution in [0.15, 0.2) is 43.0 Å². The Kier molecular flexibility index (Phi) is 3.85. The summed E-state index contributed by atoms with van der Waals surface area (Å²) in [5.74, 6) is -0.0272. The molecule has 0 radical (unpaired) electrons. The highest BCUT2D eigenvalue weighted by atomic mass is 16.1. The molecule has 0 unspecified atom stereocenters. The summed E-state index contributed by atoms with van der Waals surface area (Å²) < 4.78 is 0. The predicted octanol–water partition coefficient (Wildman–Crippen LogP) is 2.22. The van der Waals surface area contributed by atoms with Crippen LogP contribution in [0.1, 0.15) is 10.4 Å². The van der Waals surface area contributed by atoms with Crippen molar-refractivity contribution in [3.63, 3.8) is 0 Å². The molecular formula is C9H11NO. The van der Waals surface area contributed by atoms with Gasteiger partial charge in [0.05, 0.1) is 0 Å². The van der Waals surface area contributed by atoms with Crippen molar-refractivity contribution in [2.45, 2.75) is 0 Å². The molecule has 11 heavy (non-hydrogen) atoms. The van der Waals surface area contributed by atoms with Gasteiger partial charge in [0.25, 0.3) is 0 Å². The molecule has 58 valence electrons. The highest BCUT2D eigenvalue weighted by Gasteiger charge is 1.95. The standard InChI is InChI=1S/C9H8O.H3N/c1-2-9(10)8-6-4-3-5-7-8;/h2-7H,1H2;1H3. The number of carbonyl (C=O) groups excluding carboxylic acids is 1. The third kappa shape index (κ3) is 2.35. The molecule has 0 fully saturated rings. The molecule has 0 bridgehead atoms. The maximum Gasteiger partial charge on any atom is 0.185 e. The van der Waals surface area contributed by atoms with Gasteiger partial charge in [-0.3, -0.25) is 4.79 Å². The molecule has 2 nitrogen and oxygen atoms in total. The molecule has 0 aliphatic carbocycles. The Bertz CT molecular complexity index is 241. The highest BCUT2D eigenvalue weighted by Crippen LogP contribution is 1.99. The van der Waals surface area contributed by atoms with Crippen LogP contribution >= 0.6 is 0 Å². The largest absolute Gasteiger partial charge is 0.344 e. The Morgan fingerprint density at radius 3 is 2.27 bits per heavy atom. The summed E-state index contributed by atoms with van der Waals surface area (Å²) in [5.41, 5.74) is 0.692. The summed E-state index contributed by atoms with van der Waals surface area (Å²) in [6.07, 6.45) is 1.31. The second-order valence-corrected chi connectivity index (χ2v) is 1.93. The summed E-state index contributed by atoms with van der Waals surface area (Å²) >= 11 is 0. The lowest BCUT2D eigenvalue weighted by atomic mass is 10.1. The molecule has 1 rings (SSSR count). The van der Waals surface area contributed by atoms with Crippen molar-refractivity contribution in [1.82, 2.24) is 6.15 Å². The number of benzene rings is 1. The summed E-state index contributed by atoms with van der Waals surface area (Å²) in [6, 6.07) is 9.07. The molecule has 2 heteroatoms. The second-order valence-electron chi connectivity index (χ2n) is 1.93. The van der Waals surface area contributed by atoms with Gasteiger partial charge in [-0.1, -0.05) is 36.9 Å². The molecule has 0 heterocycles. The lowest BCUT2D eigenvalue weighted by molar-refractivity contribution is 0.104. The number of carbonyl (C=O) groups is 1. The zero-order valence-corrected chi connectivity index (χ0v) is 6.29. The van der Waals surface area contributed by atoms with Crippen LogP contribution in [-0.2, 0) is 0 Å². The van der Waals surface area contributed by atoms with E-state index in [1.54, 1.807) is 12.1 Å². The fraction of sp³-hybridized carbons (Fsp3) is 0. The van der Waals surface area contributed by atoms with E-state index in [1.807, 2.05) is 18.2 Å². The van der Waals surface area contributed by atoms with Crippen LogP contribution in [-0.4, -0.2) is 5.78 Å². The lowest BCUT2D eigenvalue weighted by Gasteiger charge is -1.90. The zero-order chi connectivity index (χ0) is 7.40. The fourth-order valence-electron chi connectivity index (χ4n) is 0.720. The van der Waals surface area contributed by atoms with Gasteiger partial charge in [-0.15, -0.1) is 0 Å². The second kappa shape index (κ2) is 4.41. The first-order valence-electron chi connectivity index (χ1n) is 3.06. The Hall–Kier alpha value is -1.41. The third-order valence-electron chi connectivity index (χ3n) is 1.24. The smallest absolute Gasteiger partial charge is 0.185 e. The maximum atomic E-state index is 10.9. The summed E-state index contributed by atoms with van der Waals surface area (Å²) in [7, 11) is 0. The molecule has 1 aromatic carbocycles. The average molecular weight is 149 g/mol. The minimum Gasteiger partial charge on any atom is -0.344 e. The molecule has 0 amide bonds. The van der Waals surface area contributed by atoms with Crippen LogP contribution < -0.4 is 6.15 Å². The minimum absolute atomic E-state index is 0. The van der Waals surface area contributed by atoms with Crippen LogP contribution in [0.4, 0.5) is 0 Å². The number of hydrogen-bond donors (Lipinski definition) is 1. The SMILES string of the molecule is C=CC(=O)c1ccccc1.N. The van der Waals surface area contributed by atoms with Gasteiger partial charge < -0.3 is 6.15 Å². The van der Waals surface area contributed by atoms with Crippen LogP contribution in [0, 0.1) is 0 Å². The first kappa shape index (κ1) is 9.59. The van der Waals surface area contributed by atoms with Gasteiger partial charge >= 0.3 is 0 Å². The molecule has 3 N–H and O–H groups in total. The van der Waals surface area contributed by atoms with Crippen molar-refractivity contribution < 1.29 is 4.79 Å². The Morgan fingerprint density at radius 2 is 1.82 bits per heavy atom. The predicted molar refractivity (Wildman–Crippen MR) is 46.0 cm³/mol. The quantitative estimate of drug-likeness (QED) is 0.517. The van der Waals surface area contributed by atoms with Crippen LogP contribution in [0.2, 0.25) is 0 Å². The van der Waals surface area contributed by atoms with Crippen molar-refractivity contribution >= 4 is 5.78 Å². The maximum absolute atomic E-state index is 10.9. The molecule has 0 saturated heterocycles. The number of hydrogen-bond acceptors (Lipinski definition) is 2. The Morgan fingerprint density at radius 1 is 1.27 bits per heavy atom. The van der Waals surface area contributed by atoms with Crippen LogP contribution in [0.5, 0.6) is 0 Å². The molecule has 0 spiro atoms. The van der Waals surface area contributed by atoms with E-state index in [0.29, 0.717) is 5.56 Å². The Labute approximate surface area is 66.1 Å². The van der Waals surface area contributed by atoms with Gasteiger partial charge in [0.2, 0.25) is 0 Å². The van der Waals surface area contributed by atoms with E-state index < -0.39 is 0 Å². The third-order valence-corrected chi connectivity index (χ3v) is 1.24. The van der Waals surface area contributed by atoms with Crippen molar-refractivity contribution in [2.75, 3.05) is 0 Å². The molecule has 0 aromatic heterocycles. The van der Waals surface area contributed by atoms with E-state index in [-0.39, 0.29) is 11.9 Å². The normalized spacial score (nSPS) is 8.00. The summed E-state index contributed by atoms with van der Waals surface area (Å²) in [4.78, 5) is 10.9. The molecule has 1 aromatic rings. The van der Waals surface area contributed by atoms with Gasteiger partial charge in [-0.05, 0) is 6.08 Å². The monoisotopic (exact) mass is 149 g/mol. The lowest BCUT2D eigenvalue weighted by Crippen LogP contribution is -1.90. The van der Waals surface area contributed by atoms with Crippen molar-refractivity contribution in [3.8, 4) is 0 Å². The minimum atomic E-state index is -0.0272. The average Bonchev–Trinajstić information content (AvgIpc) is 2.05. The van der Waals surface area contributed by atoms with E-state index in [0.717, 1.165) is 0 Å². The van der Waals surface area contributed by atoms with Crippen molar-refractivity contribution in [3.05, 3.63) is 48.6 Å². The van der Waals surface area contributed by atoms with Crippen molar-refractivity contribution in [1.29, 1.82) is 0 Å². The van der Waals surface area contributed by atoms with E-state index in [4.69, 9.17) is 0 Å². The fourth-order valence-corrected chi connectivity index (χ4v) is 0.720. The van der Waals surface area contributed by atoms with Gasteiger partial charge in [-0.2, -0.15) is 0 Å². The summed E-state index contributed by atoms with van der Waals surface area (Å²) in [5, 5.41) is 0. The topological polar surface area (TPSA) is 52.1 Å². The first-order valence-corrected chi connectivity index (χ1v) is 3.06. The molecule has 0 aliphatic heterocycles. The van der Waals surface area contributed by atoms with E-state index in [1.165, 1.54) is 6.08 Å². The first-order chi connectivity index (χ1) is 4.84. The van der Waals surface area contributed by atoms with E-state index >= 15 is 0 Å². The number of rotatable bonds is 2. The van der Waals surface area contributed by atoms with Crippen LogP contribution in [0.25, 0.3) is 0 Å². The molecule has 0 aliphatic rings. The number of allylic oxidation sites excluding steroid dienone is 1. The van der Waals surface area contributed by atoms with Gasteiger partial charge in [0, 0.05) is 5.56 Å². The number of ketones is 1. The van der Waals surface area contributed by atoms with Gasteiger partial charge in [0.1, 0.15) is 0 Å². The van der Waals surface area contributed by atoms with Gasteiger partial charge in [0.15, 0.2) is 5.78 Å². The van der Waals surface area contributed by atoms with E-state index in [9.17, 15) is 4.79 Å². The molecule has 0 saturated carbocycles. The summed E-state index contributed by atoms with van der Waals surface area (Å²) in [6.45, 7) is 3.39. The molecule has 0 atom stereocenters. The van der Waals surface area contributed by atoms with Gasteiger partial charge in [-0.25, -0.2) is 0 Å².